The van der Waals surface area contributed by atoms with Gasteiger partial charge in [0.05, 0.1) is 22.4 Å². The number of ether oxygens (including phenoxy) is 1. The van der Waals surface area contributed by atoms with Gasteiger partial charge in [-0.2, -0.15) is 0 Å². The summed E-state index contributed by atoms with van der Waals surface area (Å²) in [6, 6.07) is 23.6. The number of aromatic nitrogens is 1. The van der Waals surface area contributed by atoms with Crippen molar-refractivity contribution < 1.29 is 9.53 Å². The van der Waals surface area contributed by atoms with Gasteiger partial charge < -0.3 is 4.74 Å². The molecular weight excluding hydrogens is 402 g/mol. The van der Waals surface area contributed by atoms with Crippen molar-refractivity contribution in [3.63, 3.8) is 0 Å². The van der Waals surface area contributed by atoms with Gasteiger partial charge in [0.15, 0.2) is 5.78 Å². The van der Waals surface area contributed by atoms with Crippen molar-refractivity contribution in [2.45, 2.75) is 26.7 Å². The molecule has 0 N–H and O–H groups in total. The summed E-state index contributed by atoms with van der Waals surface area (Å²) >= 11 is 1.54. The molecule has 4 rings (SSSR count). The first kappa shape index (κ1) is 21.0. The van der Waals surface area contributed by atoms with Gasteiger partial charge in [0.2, 0.25) is 0 Å². The maximum absolute atomic E-state index is 13.5. The second kappa shape index (κ2) is 9.27. The largest absolute Gasteiger partial charge is 0.494 e. The summed E-state index contributed by atoms with van der Waals surface area (Å²) in [6.45, 7) is 6.88. The van der Waals surface area contributed by atoms with Gasteiger partial charge in [-0.15, -0.1) is 11.3 Å². The third-order valence-electron chi connectivity index (χ3n) is 5.11. The highest BCUT2D eigenvalue weighted by atomic mass is 32.1. The Labute approximate surface area is 187 Å². The number of carbonyl (C=O) groups is 1. The second-order valence-corrected chi connectivity index (χ2v) is 8.68. The van der Waals surface area contributed by atoms with Gasteiger partial charge in [-0.25, -0.2) is 4.98 Å². The van der Waals surface area contributed by atoms with Gasteiger partial charge in [0.1, 0.15) is 10.8 Å². The first-order valence-electron chi connectivity index (χ1n) is 10.5. The van der Waals surface area contributed by atoms with E-state index in [1.165, 1.54) is 5.56 Å². The lowest BCUT2D eigenvalue weighted by Crippen LogP contribution is -2.03. The van der Waals surface area contributed by atoms with Gasteiger partial charge in [-0.3, -0.25) is 4.79 Å². The van der Waals surface area contributed by atoms with E-state index in [0.717, 1.165) is 26.5 Å². The average molecular weight is 428 g/mol. The van der Waals surface area contributed by atoms with Crippen LogP contribution in [0.2, 0.25) is 0 Å². The van der Waals surface area contributed by atoms with Gasteiger partial charge in [0, 0.05) is 5.56 Å². The lowest BCUT2D eigenvalue weighted by Gasteiger charge is -2.08. The number of rotatable bonds is 7. The maximum Gasteiger partial charge on any atom is 0.196 e. The third kappa shape index (κ3) is 4.75. The summed E-state index contributed by atoms with van der Waals surface area (Å²) in [7, 11) is 0. The van der Waals surface area contributed by atoms with E-state index >= 15 is 0 Å². The average Bonchev–Trinajstić information content (AvgIpc) is 3.22. The number of fused-ring (bicyclic) bond motifs is 1. The monoisotopic (exact) mass is 427 g/mol. The minimum atomic E-state index is -0.0463. The third-order valence-corrected chi connectivity index (χ3v) is 6.18. The number of para-hydroxylation sites is 1. The highest BCUT2D eigenvalue weighted by Gasteiger charge is 2.19. The number of Topliss-reactive ketones (excluding diaryl/α,β-unsaturated/α-hetero) is 1. The van der Waals surface area contributed by atoms with Crippen molar-refractivity contribution in [1.82, 2.24) is 4.98 Å². The van der Waals surface area contributed by atoms with Crippen molar-refractivity contribution in [3.05, 3.63) is 94.5 Å². The quantitative estimate of drug-likeness (QED) is 0.230. The summed E-state index contributed by atoms with van der Waals surface area (Å²) in [5, 5.41) is 0.730. The summed E-state index contributed by atoms with van der Waals surface area (Å²) in [4.78, 5) is 18.3. The predicted octanol–water partition coefficient (Wildman–Crippen LogP) is 7.24. The van der Waals surface area contributed by atoms with Crippen LogP contribution < -0.4 is 4.74 Å². The highest BCUT2D eigenvalue weighted by Crippen LogP contribution is 2.31. The molecule has 0 saturated carbocycles. The second-order valence-electron chi connectivity index (χ2n) is 7.65. The van der Waals surface area contributed by atoms with E-state index in [1.807, 2.05) is 61.5 Å². The first-order valence-corrected chi connectivity index (χ1v) is 11.3. The minimum absolute atomic E-state index is 0.0463. The zero-order chi connectivity index (χ0) is 21.8. The number of allylic oxidation sites excluding steroid dienone is 1. The molecule has 0 radical (unpaired) electrons. The van der Waals surface area contributed by atoms with Crippen molar-refractivity contribution in [1.29, 1.82) is 0 Å². The fraction of sp³-hybridized carbons (Fsp3) is 0.185. The molecule has 4 aromatic rings. The Kier molecular flexibility index (Phi) is 6.28. The molecular formula is C27H25NO2S. The van der Waals surface area contributed by atoms with Crippen molar-refractivity contribution in [2.24, 2.45) is 0 Å². The van der Waals surface area contributed by atoms with Crippen LogP contribution in [0, 0.1) is 0 Å². The smallest absolute Gasteiger partial charge is 0.196 e. The van der Waals surface area contributed by atoms with E-state index in [0.29, 0.717) is 23.7 Å². The van der Waals surface area contributed by atoms with Crippen LogP contribution in [0.4, 0.5) is 0 Å². The summed E-state index contributed by atoms with van der Waals surface area (Å²) in [5.41, 5.74) is 4.38. The zero-order valence-electron chi connectivity index (χ0n) is 18.0. The molecule has 3 aromatic carbocycles. The molecule has 0 atom stereocenters. The van der Waals surface area contributed by atoms with Crippen LogP contribution >= 0.6 is 11.3 Å². The number of carbonyl (C=O) groups excluding carboxylic acids is 1. The van der Waals surface area contributed by atoms with E-state index in [1.54, 1.807) is 11.3 Å². The molecule has 0 saturated heterocycles. The fourth-order valence-corrected chi connectivity index (χ4v) is 4.36. The fourth-order valence-electron chi connectivity index (χ4n) is 3.38. The molecule has 31 heavy (non-hydrogen) atoms. The molecule has 0 amide bonds. The van der Waals surface area contributed by atoms with Crippen LogP contribution in [0.25, 0.3) is 21.9 Å². The first-order chi connectivity index (χ1) is 15.0. The molecule has 1 heterocycles. The lowest BCUT2D eigenvalue weighted by molar-refractivity contribution is 0.105. The summed E-state index contributed by atoms with van der Waals surface area (Å²) < 4.78 is 6.58. The molecule has 0 aliphatic rings. The molecule has 0 aliphatic carbocycles. The van der Waals surface area contributed by atoms with Crippen LogP contribution in [0.5, 0.6) is 5.75 Å². The zero-order valence-corrected chi connectivity index (χ0v) is 18.8. The lowest BCUT2D eigenvalue weighted by atomic mass is 9.98. The van der Waals surface area contributed by atoms with Crippen LogP contribution in [0.15, 0.2) is 72.8 Å². The normalized spacial score (nSPS) is 11.8. The minimum Gasteiger partial charge on any atom is -0.494 e. The Balaban J connectivity index is 1.77. The molecule has 0 unspecified atom stereocenters. The van der Waals surface area contributed by atoms with Crippen LogP contribution in [0.1, 0.15) is 53.2 Å². The number of benzene rings is 3. The molecule has 4 heteroatoms. The predicted molar refractivity (Wildman–Crippen MR) is 130 cm³/mol. The molecule has 0 spiro atoms. The van der Waals surface area contributed by atoms with E-state index in [9.17, 15) is 4.79 Å². The van der Waals surface area contributed by atoms with E-state index in [4.69, 9.17) is 9.72 Å². The van der Waals surface area contributed by atoms with Gasteiger partial charge in [-0.05, 0) is 66.4 Å². The Bertz CT molecular complexity index is 1190. The van der Waals surface area contributed by atoms with Gasteiger partial charge >= 0.3 is 0 Å². The van der Waals surface area contributed by atoms with E-state index in [-0.39, 0.29) is 5.78 Å². The number of nitrogens with zero attached hydrogens (tertiary/aromatic N) is 1. The number of hydrogen-bond donors (Lipinski definition) is 0. The summed E-state index contributed by atoms with van der Waals surface area (Å²) in [6.07, 6.45) is 1.95. The van der Waals surface area contributed by atoms with E-state index < -0.39 is 0 Å². The van der Waals surface area contributed by atoms with Crippen LogP contribution in [-0.2, 0) is 0 Å². The SMILES string of the molecule is CCOc1ccc(C(=O)/C(=C/c2ccc(C(C)C)cc2)c2nc3ccccc3s2)cc1. The highest BCUT2D eigenvalue weighted by molar-refractivity contribution is 7.20. The van der Waals surface area contributed by atoms with Gasteiger partial charge in [-0.1, -0.05) is 50.2 Å². The topological polar surface area (TPSA) is 39.2 Å². The Morgan fingerprint density at radius 3 is 2.35 bits per heavy atom. The number of hydrogen-bond acceptors (Lipinski definition) is 4. The number of thiazole rings is 1. The van der Waals surface area contributed by atoms with Crippen molar-refractivity contribution in [3.8, 4) is 5.75 Å². The summed E-state index contributed by atoms with van der Waals surface area (Å²) in [5.74, 6) is 1.18. The maximum atomic E-state index is 13.5. The molecule has 3 nitrogen and oxygen atoms in total. The Morgan fingerprint density at radius 2 is 1.71 bits per heavy atom. The molecule has 0 bridgehead atoms. The number of ketones is 1. The van der Waals surface area contributed by atoms with Crippen molar-refractivity contribution >= 4 is 39.0 Å². The molecule has 0 aliphatic heterocycles. The van der Waals surface area contributed by atoms with Gasteiger partial charge in [0.25, 0.3) is 0 Å². The van der Waals surface area contributed by atoms with Crippen LogP contribution in [0.3, 0.4) is 0 Å². The van der Waals surface area contributed by atoms with Crippen molar-refractivity contribution in [2.75, 3.05) is 6.61 Å². The molecule has 1 aromatic heterocycles. The molecule has 156 valence electrons. The van der Waals surface area contributed by atoms with E-state index in [2.05, 4.69) is 38.1 Å². The van der Waals surface area contributed by atoms with Crippen LogP contribution in [-0.4, -0.2) is 17.4 Å². The standard InChI is InChI=1S/C27H25NO2S/c1-4-30-22-15-13-21(14-16-22)26(29)23(17-19-9-11-20(12-10-19)18(2)3)27-28-24-7-5-6-8-25(24)31-27/h5-18H,4H2,1-3H3/b23-17-. The Morgan fingerprint density at radius 1 is 1.00 bits per heavy atom. The Hall–Kier alpha value is -3.24. The molecule has 0 fully saturated rings.